The highest BCUT2D eigenvalue weighted by atomic mass is 16.5. The van der Waals surface area contributed by atoms with Gasteiger partial charge in [0, 0.05) is 19.1 Å². The highest BCUT2D eigenvalue weighted by Crippen LogP contribution is 2.30. The molecule has 1 aromatic heterocycles. The van der Waals surface area contributed by atoms with Crippen LogP contribution in [0.2, 0.25) is 0 Å². The van der Waals surface area contributed by atoms with Gasteiger partial charge in [0.25, 0.3) is 0 Å². The second-order valence-electron chi connectivity index (χ2n) is 5.99. The van der Waals surface area contributed by atoms with Crippen LogP contribution in [0.15, 0.2) is 0 Å². The van der Waals surface area contributed by atoms with Gasteiger partial charge in [0.05, 0.1) is 6.61 Å². The number of aromatic nitrogens is 2. The Balaban J connectivity index is 3.01. The largest absolute Gasteiger partial charge is 0.474 e. The lowest BCUT2D eigenvalue weighted by Gasteiger charge is -2.20. The van der Waals surface area contributed by atoms with Crippen molar-refractivity contribution in [3.05, 3.63) is 5.82 Å². The molecule has 0 aliphatic rings. The first-order chi connectivity index (χ1) is 9.90. The SMILES string of the molecule is CCCCNc1nc(C(C)(C)C)nc(OCCOC)c1N. The van der Waals surface area contributed by atoms with Gasteiger partial charge in [-0.15, -0.1) is 0 Å². The van der Waals surface area contributed by atoms with Crippen LogP contribution in [0, 0.1) is 0 Å². The fourth-order valence-electron chi connectivity index (χ4n) is 1.63. The molecule has 0 saturated carbocycles. The van der Waals surface area contributed by atoms with Crippen LogP contribution in [-0.4, -0.2) is 36.8 Å². The van der Waals surface area contributed by atoms with E-state index in [1.807, 2.05) is 0 Å². The minimum atomic E-state index is -0.172. The monoisotopic (exact) mass is 296 g/mol. The van der Waals surface area contributed by atoms with Gasteiger partial charge >= 0.3 is 0 Å². The summed E-state index contributed by atoms with van der Waals surface area (Å²) in [6.07, 6.45) is 2.18. The van der Waals surface area contributed by atoms with Crippen molar-refractivity contribution in [2.45, 2.75) is 46.0 Å². The summed E-state index contributed by atoms with van der Waals surface area (Å²) in [4.78, 5) is 9.00. The van der Waals surface area contributed by atoms with Crippen LogP contribution in [-0.2, 0) is 10.2 Å². The molecule has 21 heavy (non-hydrogen) atoms. The predicted molar refractivity (Wildman–Crippen MR) is 85.9 cm³/mol. The Hall–Kier alpha value is -1.56. The van der Waals surface area contributed by atoms with Crippen LogP contribution in [0.3, 0.4) is 0 Å². The van der Waals surface area contributed by atoms with Gasteiger partial charge in [0.2, 0.25) is 5.88 Å². The summed E-state index contributed by atoms with van der Waals surface area (Å²) in [6, 6.07) is 0. The number of methoxy groups -OCH3 is 1. The van der Waals surface area contributed by atoms with Crippen LogP contribution in [0.4, 0.5) is 11.5 Å². The Morgan fingerprint density at radius 1 is 1.19 bits per heavy atom. The number of nitrogens with one attached hydrogen (secondary N) is 1. The summed E-state index contributed by atoms with van der Waals surface area (Å²) < 4.78 is 10.6. The summed E-state index contributed by atoms with van der Waals surface area (Å²) in [5, 5.41) is 3.27. The lowest BCUT2D eigenvalue weighted by atomic mass is 9.96. The van der Waals surface area contributed by atoms with E-state index in [4.69, 9.17) is 15.2 Å². The molecule has 6 nitrogen and oxygen atoms in total. The minimum absolute atomic E-state index is 0.172. The van der Waals surface area contributed by atoms with Crippen LogP contribution in [0.1, 0.15) is 46.4 Å². The molecule has 0 aromatic carbocycles. The first kappa shape index (κ1) is 17.5. The number of nitrogen functional groups attached to an aromatic ring is 1. The van der Waals surface area contributed by atoms with Crippen molar-refractivity contribution in [3.8, 4) is 5.88 Å². The maximum Gasteiger partial charge on any atom is 0.242 e. The quantitative estimate of drug-likeness (QED) is 0.718. The zero-order chi connectivity index (χ0) is 15.9. The Kier molecular flexibility index (Phi) is 6.68. The van der Waals surface area contributed by atoms with Crippen molar-refractivity contribution in [3.63, 3.8) is 0 Å². The molecule has 0 radical (unpaired) electrons. The van der Waals surface area contributed by atoms with Crippen molar-refractivity contribution in [2.24, 2.45) is 0 Å². The van der Waals surface area contributed by atoms with Gasteiger partial charge in [-0.05, 0) is 6.42 Å². The number of hydrogen-bond donors (Lipinski definition) is 2. The van der Waals surface area contributed by atoms with Crippen LogP contribution in [0.25, 0.3) is 0 Å². The molecule has 1 rings (SSSR count). The molecule has 0 aliphatic carbocycles. The Morgan fingerprint density at radius 3 is 2.48 bits per heavy atom. The average molecular weight is 296 g/mol. The molecule has 0 atom stereocenters. The predicted octanol–water partition coefficient (Wildman–Crippen LogP) is 2.59. The van der Waals surface area contributed by atoms with E-state index in [0.717, 1.165) is 19.4 Å². The lowest BCUT2D eigenvalue weighted by molar-refractivity contribution is 0.144. The smallest absolute Gasteiger partial charge is 0.242 e. The van der Waals surface area contributed by atoms with E-state index in [-0.39, 0.29) is 5.41 Å². The van der Waals surface area contributed by atoms with E-state index in [0.29, 0.717) is 36.4 Å². The molecule has 1 heterocycles. The summed E-state index contributed by atoms with van der Waals surface area (Å²) >= 11 is 0. The first-order valence-corrected chi connectivity index (χ1v) is 7.43. The number of unbranched alkanes of at least 4 members (excludes halogenated alkanes) is 1. The maximum atomic E-state index is 6.11. The molecular formula is C15H28N4O2. The molecule has 1 aromatic rings. The van der Waals surface area contributed by atoms with Gasteiger partial charge in [-0.3, -0.25) is 0 Å². The van der Waals surface area contributed by atoms with Gasteiger partial charge in [-0.1, -0.05) is 34.1 Å². The zero-order valence-corrected chi connectivity index (χ0v) is 13.8. The Labute approximate surface area is 127 Å². The van der Waals surface area contributed by atoms with Crippen LogP contribution in [0.5, 0.6) is 5.88 Å². The van der Waals surface area contributed by atoms with E-state index in [2.05, 4.69) is 43.0 Å². The minimum Gasteiger partial charge on any atom is -0.474 e. The molecule has 0 amide bonds. The number of ether oxygens (including phenoxy) is 2. The zero-order valence-electron chi connectivity index (χ0n) is 13.8. The third kappa shape index (κ3) is 5.38. The van der Waals surface area contributed by atoms with Gasteiger partial charge in [-0.25, -0.2) is 4.98 Å². The highest BCUT2D eigenvalue weighted by molar-refractivity contribution is 5.67. The normalized spacial score (nSPS) is 11.5. The molecule has 6 heteroatoms. The average Bonchev–Trinajstić information content (AvgIpc) is 2.41. The number of nitrogens with zero attached hydrogens (tertiary/aromatic N) is 2. The lowest BCUT2D eigenvalue weighted by Crippen LogP contribution is -2.20. The molecule has 0 bridgehead atoms. The summed E-state index contributed by atoms with van der Waals surface area (Å²) in [5.74, 6) is 1.78. The van der Waals surface area contributed by atoms with Crippen molar-refractivity contribution in [1.82, 2.24) is 9.97 Å². The van der Waals surface area contributed by atoms with Crippen molar-refractivity contribution < 1.29 is 9.47 Å². The topological polar surface area (TPSA) is 82.3 Å². The highest BCUT2D eigenvalue weighted by Gasteiger charge is 2.22. The maximum absolute atomic E-state index is 6.11. The number of rotatable bonds is 8. The fourth-order valence-corrected chi connectivity index (χ4v) is 1.63. The third-order valence-corrected chi connectivity index (χ3v) is 2.93. The Morgan fingerprint density at radius 2 is 1.90 bits per heavy atom. The summed E-state index contributed by atoms with van der Waals surface area (Å²) in [5.41, 5.74) is 6.39. The van der Waals surface area contributed by atoms with Gasteiger partial charge in [-0.2, -0.15) is 4.98 Å². The number of hydrogen-bond acceptors (Lipinski definition) is 6. The van der Waals surface area contributed by atoms with Gasteiger partial charge in [0.15, 0.2) is 5.82 Å². The summed E-state index contributed by atoms with van der Waals surface area (Å²) in [7, 11) is 1.63. The van der Waals surface area contributed by atoms with E-state index < -0.39 is 0 Å². The van der Waals surface area contributed by atoms with Gasteiger partial charge < -0.3 is 20.5 Å². The third-order valence-electron chi connectivity index (χ3n) is 2.93. The molecule has 0 spiro atoms. The van der Waals surface area contributed by atoms with E-state index in [9.17, 15) is 0 Å². The van der Waals surface area contributed by atoms with Gasteiger partial charge in [0.1, 0.15) is 18.1 Å². The van der Waals surface area contributed by atoms with Crippen molar-refractivity contribution >= 4 is 11.5 Å². The van der Waals surface area contributed by atoms with E-state index in [1.54, 1.807) is 7.11 Å². The standard InChI is InChI=1S/C15H28N4O2/c1-6-7-8-17-12-11(16)13(21-10-9-20-5)19-14(18-12)15(2,3)4/h6-10,16H2,1-5H3,(H,17,18,19). The number of anilines is 2. The second-order valence-corrected chi connectivity index (χ2v) is 5.99. The second kappa shape index (κ2) is 8.02. The molecular weight excluding hydrogens is 268 g/mol. The van der Waals surface area contributed by atoms with E-state index in [1.165, 1.54) is 0 Å². The molecule has 0 fully saturated rings. The molecule has 0 aliphatic heterocycles. The van der Waals surface area contributed by atoms with Crippen molar-refractivity contribution in [2.75, 3.05) is 37.9 Å². The summed E-state index contributed by atoms with van der Waals surface area (Å²) in [6.45, 7) is 10.1. The molecule has 3 N–H and O–H groups in total. The van der Waals surface area contributed by atoms with Crippen LogP contribution < -0.4 is 15.8 Å². The molecule has 0 saturated heterocycles. The van der Waals surface area contributed by atoms with Crippen LogP contribution >= 0.6 is 0 Å². The Bertz CT molecular complexity index is 413. The van der Waals surface area contributed by atoms with Crippen molar-refractivity contribution in [1.29, 1.82) is 0 Å². The fraction of sp³-hybridized carbons (Fsp3) is 0.733. The first-order valence-electron chi connectivity index (χ1n) is 7.43. The molecule has 120 valence electrons. The number of nitrogens with two attached hydrogens (primary N) is 1. The van der Waals surface area contributed by atoms with E-state index >= 15 is 0 Å². The molecule has 0 unspecified atom stereocenters.